The molecule has 32 heavy (non-hydrogen) atoms. The number of rotatable bonds is 8. The normalized spacial score (nSPS) is 27.7. The van der Waals surface area contributed by atoms with Gasteiger partial charge >= 0.3 is 0 Å². The van der Waals surface area contributed by atoms with E-state index in [2.05, 4.69) is 23.5 Å². The molecule has 2 fully saturated rings. The standard InChI is InChI=1S/C25H34N2O4S/c1-3-30-25(31-4-2)19-10-7-13-27(19)24(29)22-21(20(32)15-26-22)23(28)18-12-11-16-8-5-6-9-17(16)14-18/h5-6,8-9,18-19,21-22,25-26H,3-4,7,10-15H2,1-2H3/t18-,19-,21?,22-/m0/s1. The Morgan fingerprint density at radius 2 is 1.88 bits per heavy atom. The van der Waals surface area contributed by atoms with E-state index in [1.54, 1.807) is 0 Å². The number of carbonyl (C=O) groups is 2. The van der Waals surface area contributed by atoms with Gasteiger partial charge in [0.2, 0.25) is 5.91 Å². The molecule has 1 amide bonds. The van der Waals surface area contributed by atoms with E-state index in [4.69, 9.17) is 21.7 Å². The SMILES string of the molecule is CCOC(OCC)[C@@H]1CCCN1C(=O)[C@H]1NCC(=S)C1C(=O)[C@H]1CCc2ccccc2C1. The van der Waals surface area contributed by atoms with Crippen molar-refractivity contribution >= 4 is 28.8 Å². The number of fused-ring (bicyclic) bond motifs is 1. The molecule has 174 valence electrons. The summed E-state index contributed by atoms with van der Waals surface area (Å²) in [4.78, 5) is 29.8. The summed E-state index contributed by atoms with van der Waals surface area (Å²) >= 11 is 5.60. The summed E-state index contributed by atoms with van der Waals surface area (Å²) in [7, 11) is 0. The molecule has 6 nitrogen and oxygen atoms in total. The van der Waals surface area contributed by atoms with Crippen LogP contribution in [0.5, 0.6) is 0 Å². The van der Waals surface area contributed by atoms with E-state index >= 15 is 0 Å². The van der Waals surface area contributed by atoms with Gasteiger partial charge in [-0.1, -0.05) is 36.5 Å². The number of amides is 1. The molecule has 1 N–H and O–H groups in total. The third-order valence-electron chi connectivity index (χ3n) is 7.06. The van der Waals surface area contributed by atoms with E-state index < -0.39 is 18.2 Å². The van der Waals surface area contributed by atoms with Crippen LogP contribution in [0.1, 0.15) is 44.2 Å². The smallest absolute Gasteiger partial charge is 0.241 e. The van der Waals surface area contributed by atoms with Crippen LogP contribution >= 0.6 is 12.2 Å². The lowest BCUT2D eigenvalue weighted by molar-refractivity contribution is -0.176. The predicted molar refractivity (Wildman–Crippen MR) is 127 cm³/mol. The lowest BCUT2D eigenvalue weighted by Gasteiger charge is -2.34. The summed E-state index contributed by atoms with van der Waals surface area (Å²) in [5.41, 5.74) is 2.57. The number of nitrogens with zero attached hydrogens (tertiary/aromatic N) is 1. The molecule has 4 rings (SSSR count). The van der Waals surface area contributed by atoms with Gasteiger partial charge < -0.3 is 19.7 Å². The van der Waals surface area contributed by atoms with E-state index in [9.17, 15) is 9.59 Å². The highest BCUT2D eigenvalue weighted by molar-refractivity contribution is 7.80. The fourth-order valence-corrected chi connectivity index (χ4v) is 5.83. The first-order valence-corrected chi connectivity index (χ1v) is 12.4. The minimum Gasteiger partial charge on any atom is -0.351 e. The van der Waals surface area contributed by atoms with Crippen molar-refractivity contribution in [3.63, 3.8) is 0 Å². The average molecular weight is 459 g/mol. The van der Waals surface area contributed by atoms with Crippen molar-refractivity contribution in [2.45, 2.75) is 64.3 Å². The van der Waals surface area contributed by atoms with Gasteiger partial charge in [-0.3, -0.25) is 9.59 Å². The summed E-state index contributed by atoms with van der Waals surface area (Å²) in [6, 6.07) is 7.62. The van der Waals surface area contributed by atoms with Crippen molar-refractivity contribution < 1.29 is 19.1 Å². The molecule has 4 atom stereocenters. The third-order valence-corrected chi connectivity index (χ3v) is 7.45. The fraction of sp³-hybridized carbons (Fsp3) is 0.640. The molecule has 0 aromatic heterocycles. The van der Waals surface area contributed by atoms with Crippen LogP contribution in [0.4, 0.5) is 0 Å². The lowest BCUT2D eigenvalue weighted by atomic mass is 9.76. The molecule has 1 aromatic rings. The Morgan fingerprint density at radius 1 is 1.16 bits per heavy atom. The second kappa shape index (κ2) is 10.5. The van der Waals surface area contributed by atoms with Crippen molar-refractivity contribution in [2.24, 2.45) is 11.8 Å². The highest BCUT2D eigenvalue weighted by atomic mass is 32.1. The fourth-order valence-electron chi connectivity index (χ4n) is 5.50. The molecule has 2 aliphatic heterocycles. The zero-order chi connectivity index (χ0) is 22.7. The first-order valence-electron chi connectivity index (χ1n) is 11.9. The van der Waals surface area contributed by atoms with E-state index in [0.717, 1.165) is 32.1 Å². The Balaban J connectivity index is 1.50. The quantitative estimate of drug-likeness (QED) is 0.477. The number of ketones is 1. The average Bonchev–Trinajstić information content (AvgIpc) is 3.44. The minimum atomic E-state index is -0.586. The van der Waals surface area contributed by atoms with Gasteiger partial charge in [0.15, 0.2) is 6.29 Å². The van der Waals surface area contributed by atoms with Crippen molar-refractivity contribution in [1.82, 2.24) is 10.2 Å². The third kappa shape index (κ3) is 4.67. The highest BCUT2D eigenvalue weighted by Gasteiger charge is 2.47. The van der Waals surface area contributed by atoms with Gasteiger partial charge in [-0.15, -0.1) is 0 Å². The summed E-state index contributed by atoms with van der Waals surface area (Å²) in [5, 5.41) is 3.26. The first-order chi connectivity index (χ1) is 15.5. The molecule has 0 saturated carbocycles. The molecular formula is C25H34N2O4S. The Morgan fingerprint density at radius 3 is 2.59 bits per heavy atom. The Kier molecular flexibility index (Phi) is 7.71. The summed E-state index contributed by atoms with van der Waals surface area (Å²) in [6.07, 6.45) is 3.76. The first kappa shape index (κ1) is 23.5. The number of carbonyl (C=O) groups excluding carboxylic acids is 2. The van der Waals surface area contributed by atoms with Crippen molar-refractivity contribution in [1.29, 1.82) is 0 Å². The van der Waals surface area contributed by atoms with Crippen LogP contribution in [0.3, 0.4) is 0 Å². The predicted octanol–water partition coefficient (Wildman–Crippen LogP) is 2.71. The van der Waals surface area contributed by atoms with Gasteiger partial charge in [0.1, 0.15) is 11.8 Å². The number of Topliss-reactive ketones (excluding diaryl/α,β-unsaturated/α-hetero) is 1. The molecule has 1 aromatic carbocycles. The molecule has 0 spiro atoms. The molecular weight excluding hydrogens is 424 g/mol. The van der Waals surface area contributed by atoms with Crippen LogP contribution in [-0.4, -0.2) is 66.1 Å². The Hall–Kier alpha value is -1.67. The Labute approximate surface area is 196 Å². The Bertz CT molecular complexity index is 854. The molecule has 2 saturated heterocycles. The van der Waals surface area contributed by atoms with Crippen LogP contribution in [0, 0.1) is 11.8 Å². The van der Waals surface area contributed by atoms with Crippen molar-refractivity contribution in [3.8, 4) is 0 Å². The molecule has 1 unspecified atom stereocenters. The molecule has 2 heterocycles. The van der Waals surface area contributed by atoms with Crippen LogP contribution in [0.25, 0.3) is 0 Å². The maximum absolute atomic E-state index is 13.7. The molecule has 0 bridgehead atoms. The zero-order valence-corrected chi connectivity index (χ0v) is 19.9. The minimum absolute atomic E-state index is 0.0497. The van der Waals surface area contributed by atoms with Crippen molar-refractivity contribution in [3.05, 3.63) is 35.4 Å². The molecule has 0 radical (unpaired) electrons. The maximum Gasteiger partial charge on any atom is 0.241 e. The topological polar surface area (TPSA) is 67.9 Å². The van der Waals surface area contributed by atoms with E-state index in [1.165, 1.54) is 11.1 Å². The zero-order valence-electron chi connectivity index (χ0n) is 19.0. The number of thiocarbonyl (C=S) groups is 1. The lowest BCUT2D eigenvalue weighted by Crippen LogP contribution is -2.54. The summed E-state index contributed by atoms with van der Waals surface area (Å²) in [5.74, 6) is -0.551. The monoisotopic (exact) mass is 458 g/mol. The number of benzene rings is 1. The second-order valence-electron chi connectivity index (χ2n) is 8.93. The largest absolute Gasteiger partial charge is 0.351 e. The van der Waals surface area contributed by atoms with Gasteiger partial charge in [-0.2, -0.15) is 0 Å². The molecule has 1 aliphatic carbocycles. The van der Waals surface area contributed by atoms with Crippen LogP contribution < -0.4 is 5.32 Å². The van der Waals surface area contributed by atoms with Gasteiger partial charge in [-0.25, -0.2) is 0 Å². The van der Waals surface area contributed by atoms with Crippen LogP contribution in [-0.2, 0) is 31.9 Å². The molecule has 7 heteroatoms. The second-order valence-corrected chi connectivity index (χ2v) is 9.46. The van der Waals surface area contributed by atoms with Crippen LogP contribution in [0.15, 0.2) is 24.3 Å². The van der Waals surface area contributed by atoms with E-state index in [-0.39, 0.29) is 23.7 Å². The van der Waals surface area contributed by atoms with E-state index in [1.807, 2.05) is 24.8 Å². The number of ether oxygens (including phenoxy) is 2. The van der Waals surface area contributed by atoms with E-state index in [0.29, 0.717) is 31.2 Å². The number of aryl methyl sites for hydroxylation is 1. The van der Waals surface area contributed by atoms with Gasteiger partial charge in [0.05, 0.1) is 12.0 Å². The van der Waals surface area contributed by atoms with Gasteiger partial charge in [0.25, 0.3) is 0 Å². The number of nitrogens with one attached hydrogen (secondary N) is 1. The number of hydrogen-bond acceptors (Lipinski definition) is 6. The number of hydrogen-bond donors (Lipinski definition) is 1. The summed E-state index contributed by atoms with van der Waals surface area (Å²) in [6.45, 7) is 6.01. The van der Waals surface area contributed by atoms with Crippen molar-refractivity contribution in [2.75, 3.05) is 26.3 Å². The maximum atomic E-state index is 13.7. The number of likely N-dealkylation sites (tertiary alicyclic amines) is 1. The van der Waals surface area contributed by atoms with Gasteiger partial charge in [-0.05, 0) is 57.1 Å². The van der Waals surface area contributed by atoms with Crippen LogP contribution in [0.2, 0.25) is 0 Å². The molecule has 3 aliphatic rings. The summed E-state index contributed by atoms with van der Waals surface area (Å²) < 4.78 is 11.6. The highest BCUT2D eigenvalue weighted by Crippen LogP contribution is 2.32. The van der Waals surface area contributed by atoms with Gasteiger partial charge in [0, 0.05) is 37.1 Å².